The lowest BCUT2D eigenvalue weighted by atomic mass is 10.3. The molecule has 0 aliphatic rings. The highest BCUT2D eigenvalue weighted by Crippen LogP contribution is 2.31. The fourth-order valence-corrected chi connectivity index (χ4v) is 2.20. The number of benzene rings is 1. The van der Waals surface area contributed by atoms with Crippen LogP contribution in [0.1, 0.15) is 6.92 Å². The molecule has 106 valence electrons. The summed E-state index contributed by atoms with van der Waals surface area (Å²) >= 11 is 12.2. The van der Waals surface area contributed by atoms with Gasteiger partial charge in [0.2, 0.25) is 0 Å². The average Bonchev–Trinajstić information content (AvgIpc) is 2.43. The molecule has 4 nitrogen and oxygen atoms in total. The van der Waals surface area contributed by atoms with Crippen LogP contribution in [0.2, 0.25) is 10.0 Å². The third kappa shape index (κ3) is 3.46. The quantitative estimate of drug-likeness (QED) is 0.849. The van der Waals surface area contributed by atoms with Crippen LogP contribution >= 0.6 is 23.2 Å². The first-order chi connectivity index (χ1) is 9.63. The van der Waals surface area contributed by atoms with Crippen LogP contribution in [0.15, 0.2) is 30.3 Å². The first-order valence-corrected chi connectivity index (χ1v) is 6.93. The Morgan fingerprint density at radius 1 is 1.15 bits per heavy atom. The number of rotatable bonds is 5. The Balaban J connectivity index is 2.27. The highest BCUT2D eigenvalue weighted by molar-refractivity contribution is 6.37. The van der Waals surface area contributed by atoms with Gasteiger partial charge in [-0.1, -0.05) is 29.3 Å². The highest BCUT2D eigenvalue weighted by atomic mass is 35.5. The van der Waals surface area contributed by atoms with E-state index in [-0.39, 0.29) is 0 Å². The molecule has 0 radical (unpaired) electrons. The smallest absolute Gasteiger partial charge is 0.151 e. The van der Waals surface area contributed by atoms with Gasteiger partial charge in [0.1, 0.15) is 11.6 Å². The zero-order chi connectivity index (χ0) is 14.5. The standard InChI is InChI=1S/C14H15Cl2N3O/c1-3-20-10-6-4-5-9(7-10)18-14-12(16)8-11(15)13(17-2)19-14/h4-8H,3H2,1-2H3,(H2,17,18,19). The van der Waals surface area contributed by atoms with E-state index in [2.05, 4.69) is 15.6 Å². The van der Waals surface area contributed by atoms with Crippen LogP contribution in [-0.2, 0) is 0 Å². The van der Waals surface area contributed by atoms with Crippen LogP contribution in [-0.4, -0.2) is 18.6 Å². The van der Waals surface area contributed by atoms with Gasteiger partial charge in [-0.2, -0.15) is 0 Å². The molecule has 0 aliphatic carbocycles. The van der Waals surface area contributed by atoms with Crippen LogP contribution in [0, 0.1) is 0 Å². The normalized spacial score (nSPS) is 10.2. The maximum atomic E-state index is 6.14. The molecule has 0 saturated carbocycles. The predicted octanol–water partition coefficient (Wildman–Crippen LogP) is 4.57. The second kappa shape index (κ2) is 6.68. The summed E-state index contributed by atoms with van der Waals surface area (Å²) in [6.45, 7) is 2.56. The first-order valence-electron chi connectivity index (χ1n) is 6.17. The van der Waals surface area contributed by atoms with E-state index in [0.29, 0.717) is 28.3 Å². The average molecular weight is 312 g/mol. The predicted molar refractivity (Wildman–Crippen MR) is 84.7 cm³/mol. The van der Waals surface area contributed by atoms with Crippen molar-refractivity contribution in [3.8, 4) is 5.75 Å². The van der Waals surface area contributed by atoms with Crippen LogP contribution in [0.25, 0.3) is 0 Å². The molecule has 0 fully saturated rings. The molecule has 0 unspecified atom stereocenters. The minimum Gasteiger partial charge on any atom is -0.494 e. The molecule has 0 bridgehead atoms. The van der Waals surface area contributed by atoms with Gasteiger partial charge in [-0.25, -0.2) is 4.98 Å². The van der Waals surface area contributed by atoms with Crippen molar-refractivity contribution >= 4 is 40.5 Å². The van der Waals surface area contributed by atoms with E-state index in [1.807, 2.05) is 31.2 Å². The van der Waals surface area contributed by atoms with Crippen molar-refractivity contribution in [1.82, 2.24) is 4.98 Å². The van der Waals surface area contributed by atoms with Crippen LogP contribution in [0.4, 0.5) is 17.3 Å². The van der Waals surface area contributed by atoms with Crippen molar-refractivity contribution < 1.29 is 4.74 Å². The molecule has 1 heterocycles. The highest BCUT2D eigenvalue weighted by Gasteiger charge is 2.09. The molecule has 1 aromatic carbocycles. The fourth-order valence-electron chi connectivity index (χ4n) is 1.70. The number of halogens is 2. The van der Waals surface area contributed by atoms with Crippen molar-refractivity contribution in [2.45, 2.75) is 6.92 Å². The zero-order valence-electron chi connectivity index (χ0n) is 11.2. The lowest BCUT2D eigenvalue weighted by Crippen LogP contribution is -2.00. The van der Waals surface area contributed by atoms with E-state index in [4.69, 9.17) is 27.9 Å². The minimum atomic E-state index is 0.454. The molecule has 6 heteroatoms. The van der Waals surface area contributed by atoms with Crippen LogP contribution in [0.3, 0.4) is 0 Å². The molecule has 0 spiro atoms. The van der Waals surface area contributed by atoms with Gasteiger partial charge < -0.3 is 15.4 Å². The van der Waals surface area contributed by atoms with Crippen molar-refractivity contribution in [3.63, 3.8) is 0 Å². The van der Waals surface area contributed by atoms with Crippen molar-refractivity contribution in [2.75, 3.05) is 24.3 Å². The van der Waals surface area contributed by atoms with Gasteiger partial charge in [0, 0.05) is 18.8 Å². The molecular weight excluding hydrogens is 297 g/mol. The molecule has 2 rings (SSSR count). The number of aromatic nitrogens is 1. The second-order valence-corrected chi connectivity index (χ2v) is 4.80. The number of ether oxygens (including phenoxy) is 1. The second-order valence-electron chi connectivity index (χ2n) is 3.99. The molecule has 0 saturated heterocycles. The Kier molecular flexibility index (Phi) is 4.93. The largest absolute Gasteiger partial charge is 0.494 e. The summed E-state index contributed by atoms with van der Waals surface area (Å²) < 4.78 is 5.45. The van der Waals surface area contributed by atoms with Crippen molar-refractivity contribution in [3.05, 3.63) is 40.4 Å². The number of nitrogens with zero attached hydrogens (tertiary/aromatic N) is 1. The van der Waals surface area contributed by atoms with Gasteiger partial charge in [0.15, 0.2) is 5.82 Å². The fraction of sp³-hybridized carbons (Fsp3) is 0.214. The monoisotopic (exact) mass is 311 g/mol. The number of pyridine rings is 1. The summed E-state index contributed by atoms with van der Waals surface area (Å²) in [4.78, 5) is 4.33. The van der Waals surface area contributed by atoms with E-state index in [0.717, 1.165) is 11.4 Å². The Morgan fingerprint density at radius 2 is 1.90 bits per heavy atom. The van der Waals surface area contributed by atoms with Crippen LogP contribution < -0.4 is 15.4 Å². The summed E-state index contributed by atoms with van der Waals surface area (Å²) in [5.74, 6) is 1.89. The maximum Gasteiger partial charge on any atom is 0.151 e. The minimum absolute atomic E-state index is 0.454. The maximum absolute atomic E-state index is 6.14. The van der Waals surface area contributed by atoms with Gasteiger partial charge in [-0.3, -0.25) is 0 Å². The van der Waals surface area contributed by atoms with Crippen LogP contribution in [0.5, 0.6) is 5.75 Å². The summed E-state index contributed by atoms with van der Waals surface area (Å²) in [5, 5.41) is 7.00. The third-order valence-electron chi connectivity index (χ3n) is 2.57. The molecule has 0 atom stereocenters. The SMILES string of the molecule is CCOc1cccc(Nc2nc(NC)c(Cl)cc2Cl)c1. The third-order valence-corrected chi connectivity index (χ3v) is 3.15. The van der Waals surface area contributed by atoms with Gasteiger partial charge in [-0.05, 0) is 25.1 Å². The van der Waals surface area contributed by atoms with Crippen molar-refractivity contribution in [2.24, 2.45) is 0 Å². The number of hydrogen-bond donors (Lipinski definition) is 2. The summed E-state index contributed by atoms with van der Waals surface area (Å²) in [7, 11) is 1.75. The Labute approximate surface area is 128 Å². The molecule has 0 aliphatic heterocycles. The molecule has 1 aromatic heterocycles. The lowest BCUT2D eigenvalue weighted by molar-refractivity contribution is 0.340. The van der Waals surface area contributed by atoms with E-state index in [1.165, 1.54) is 0 Å². The van der Waals surface area contributed by atoms with E-state index < -0.39 is 0 Å². The molecule has 2 aromatic rings. The number of hydrogen-bond acceptors (Lipinski definition) is 4. The summed E-state index contributed by atoms with van der Waals surface area (Å²) in [5.41, 5.74) is 0.842. The molecule has 0 amide bonds. The van der Waals surface area contributed by atoms with E-state index in [1.54, 1.807) is 13.1 Å². The Hall–Kier alpha value is -1.65. The van der Waals surface area contributed by atoms with Gasteiger partial charge in [0.25, 0.3) is 0 Å². The van der Waals surface area contributed by atoms with E-state index in [9.17, 15) is 0 Å². The van der Waals surface area contributed by atoms with Gasteiger partial charge in [0.05, 0.1) is 16.7 Å². The molecular formula is C14H15Cl2N3O. The topological polar surface area (TPSA) is 46.2 Å². The first kappa shape index (κ1) is 14.8. The molecule has 20 heavy (non-hydrogen) atoms. The van der Waals surface area contributed by atoms with Crippen molar-refractivity contribution in [1.29, 1.82) is 0 Å². The van der Waals surface area contributed by atoms with Gasteiger partial charge >= 0.3 is 0 Å². The zero-order valence-corrected chi connectivity index (χ0v) is 12.7. The Morgan fingerprint density at radius 3 is 2.60 bits per heavy atom. The summed E-state index contributed by atoms with van der Waals surface area (Å²) in [6, 6.07) is 9.24. The van der Waals surface area contributed by atoms with E-state index >= 15 is 0 Å². The summed E-state index contributed by atoms with van der Waals surface area (Å²) in [6.07, 6.45) is 0. The number of nitrogens with one attached hydrogen (secondary N) is 2. The lowest BCUT2D eigenvalue weighted by Gasteiger charge is -2.12. The van der Waals surface area contributed by atoms with Gasteiger partial charge in [-0.15, -0.1) is 0 Å². The Bertz CT molecular complexity index is 605. The number of anilines is 3. The molecule has 2 N–H and O–H groups in total.